The van der Waals surface area contributed by atoms with Crippen LogP contribution in [0.15, 0.2) is 0 Å². The molecule has 0 aromatic carbocycles. The molecule has 0 N–H and O–H groups in total. The zero-order valence-corrected chi connectivity index (χ0v) is 10.5. The second kappa shape index (κ2) is 5.31. The second-order valence-corrected chi connectivity index (χ2v) is 5.72. The number of rotatable bonds is 4. The maximum atomic E-state index is 12.2. The van der Waals surface area contributed by atoms with Gasteiger partial charge in [-0.2, -0.15) is 0 Å². The third kappa shape index (κ3) is 2.85. The molecule has 1 saturated carbocycles. The van der Waals surface area contributed by atoms with Gasteiger partial charge in [-0.25, -0.2) is 0 Å². The van der Waals surface area contributed by atoms with E-state index in [0.29, 0.717) is 11.9 Å². The quantitative estimate of drug-likeness (QED) is 0.730. The summed E-state index contributed by atoms with van der Waals surface area (Å²) >= 11 is 0. The van der Waals surface area contributed by atoms with Crippen molar-refractivity contribution in [3.05, 3.63) is 0 Å². The number of ketones is 1. The third-order valence-electron chi connectivity index (χ3n) is 4.35. The van der Waals surface area contributed by atoms with E-state index in [1.54, 1.807) is 0 Å². The van der Waals surface area contributed by atoms with Gasteiger partial charge in [0.25, 0.3) is 0 Å². The van der Waals surface area contributed by atoms with Gasteiger partial charge in [0.1, 0.15) is 5.78 Å². The zero-order valence-electron chi connectivity index (χ0n) is 10.5. The van der Waals surface area contributed by atoms with Crippen molar-refractivity contribution in [3.63, 3.8) is 0 Å². The lowest BCUT2D eigenvalue weighted by atomic mass is 9.71. The molecule has 1 atom stereocenters. The molecule has 2 aliphatic rings. The monoisotopic (exact) mass is 224 g/mol. The first-order valence-corrected chi connectivity index (χ1v) is 6.86. The van der Waals surface area contributed by atoms with Gasteiger partial charge in [0.2, 0.25) is 0 Å². The Morgan fingerprint density at radius 1 is 1.25 bits per heavy atom. The van der Waals surface area contributed by atoms with Crippen molar-refractivity contribution in [1.82, 2.24) is 0 Å². The molecule has 1 aliphatic heterocycles. The molecule has 2 fully saturated rings. The van der Waals surface area contributed by atoms with Crippen molar-refractivity contribution in [2.45, 2.75) is 70.8 Å². The van der Waals surface area contributed by atoms with Crippen molar-refractivity contribution in [1.29, 1.82) is 0 Å². The lowest BCUT2D eigenvalue weighted by molar-refractivity contribution is -0.130. The van der Waals surface area contributed by atoms with Crippen molar-refractivity contribution in [3.8, 4) is 0 Å². The topological polar surface area (TPSA) is 26.3 Å². The SMILES string of the molecule is CC1(C(=O)CCC2CCCO2)CCCCC1. The summed E-state index contributed by atoms with van der Waals surface area (Å²) in [5.74, 6) is 0.489. The highest BCUT2D eigenvalue weighted by molar-refractivity contribution is 5.84. The summed E-state index contributed by atoms with van der Waals surface area (Å²) in [6.07, 6.45) is 10.4. The van der Waals surface area contributed by atoms with Gasteiger partial charge in [0.15, 0.2) is 0 Å². The smallest absolute Gasteiger partial charge is 0.138 e. The summed E-state index contributed by atoms with van der Waals surface area (Å²) in [5.41, 5.74) is -0.00312. The van der Waals surface area contributed by atoms with Crippen LogP contribution in [0, 0.1) is 5.41 Å². The standard InChI is InChI=1S/C14H24O2/c1-14(9-3-2-4-10-14)13(15)8-7-12-6-5-11-16-12/h12H,2-11H2,1H3. The molecule has 2 heteroatoms. The predicted octanol–water partition coefficient (Wildman–Crippen LogP) is 3.49. The Hall–Kier alpha value is -0.370. The fourth-order valence-corrected chi connectivity index (χ4v) is 3.08. The van der Waals surface area contributed by atoms with E-state index >= 15 is 0 Å². The Kier molecular flexibility index (Phi) is 4.01. The average Bonchev–Trinajstić information content (AvgIpc) is 2.79. The van der Waals surface area contributed by atoms with E-state index in [9.17, 15) is 4.79 Å². The molecule has 2 rings (SSSR count). The van der Waals surface area contributed by atoms with Crippen LogP contribution in [0.2, 0.25) is 0 Å². The van der Waals surface area contributed by atoms with Gasteiger partial charge in [-0.05, 0) is 32.1 Å². The molecule has 2 nitrogen and oxygen atoms in total. The van der Waals surface area contributed by atoms with Gasteiger partial charge in [-0.15, -0.1) is 0 Å². The number of hydrogen-bond acceptors (Lipinski definition) is 2. The molecule has 0 aromatic rings. The fraction of sp³-hybridized carbons (Fsp3) is 0.929. The molecule has 92 valence electrons. The van der Waals surface area contributed by atoms with Crippen LogP contribution in [0.4, 0.5) is 0 Å². The number of ether oxygens (including phenoxy) is 1. The van der Waals surface area contributed by atoms with Gasteiger partial charge in [-0.3, -0.25) is 4.79 Å². The van der Waals surface area contributed by atoms with Crippen LogP contribution in [0.3, 0.4) is 0 Å². The molecule has 1 saturated heterocycles. The van der Waals surface area contributed by atoms with Crippen LogP contribution >= 0.6 is 0 Å². The first kappa shape index (κ1) is 12.1. The number of hydrogen-bond donors (Lipinski definition) is 0. The molecular weight excluding hydrogens is 200 g/mol. The van der Waals surface area contributed by atoms with Crippen LogP contribution in [-0.2, 0) is 9.53 Å². The maximum absolute atomic E-state index is 12.2. The van der Waals surface area contributed by atoms with Gasteiger partial charge in [0.05, 0.1) is 6.10 Å². The Balaban J connectivity index is 1.77. The van der Waals surface area contributed by atoms with Gasteiger partial charge >= 0.3 is 0 Å². The molecule has 1 heterocycles. The zero-order chi connectivity index (χ0) is 11.4. The Morgan fingerprint density at radius 2 is 2.00 bits per heavy atom. The van der Waals surface area contributed by atoms with Crippen molar-refractivity contribution in [2.24, 2.45) is 5.41 Å². The van der Waals surface area contributed by atoms with Gasteiger partial charge in [-0.1, -0.05) is 26.2 Å². The minimum Gasteiger partial charge on any atom is -0.378 e. The molecule has 1 unspecified atom stereocenters. The maximum Gasteiger partial charge on any atom is 0.138 e. The average molecular weight is 224 g/mol. The molecule has 0 spiro atoms. The van der Waals surface area contributed by atoms with Crippen LogP contribution in [0.1, 0.15) is 64.7 Å². The first-order valence-electron chi connectivity index (χ1n) is 6.86. The summed E-state index contributed by atoms with van der Waals surface area (Å²) in [6, 6.07) is 0. The van der Waals surface area contributed by atoms with E-state index in [2.05, 4.69) is 6.92 Å². The minimum atomic E-state index is -0.00312. The fourth-order valence-electron chi connectivity index (χ4n) is 3.08. The summed E-state index contributed by atoms with van der Waals surface area (Å²) in [6.45, 7) is 3.07. The Labute approximate surface area is 98.7 Å². The summed E-state index contributed by atoms with van der Waals surface area (Å²) in [5, 5.41) is 0. The van der Waals surface area contributed by atoms with Gasteiger partial charge < -0.3 is 4.74 Å². The molecule has 0 bridgehead atoms. The number of carbonyl (C=O) groups is 1. The summed E-state index contributed by atoms with van der Waals surface area (Å²) in [4.78, 5) is 12.2. The predicted molar refractivity (Wildman–Crippen MR) is 64.4 cm³/mol. The van der Waals surface area contributed by atoms with Crippen molar-refractivity contribution in [2.75, 3.05) is 6.61 Å². The normalized spacial score (nSPS) is 29.2. The summed E-state index contributed by atoms with van der Waals surface area (Å²) in [7, 11) is 0. The Bertz CT molecular complexity index is 235. The van der Waals surface area contributed by atoms with E-state index in [0.717, 1.165) is 38.7 Å². The number of carbonyl (C=O) groups excluding carboxylic acids is 1. The highest BCUT2D eigenvalue weighted by atomic mass is 16.5. The first-order chi connectivity index (χ1) is 7.71. The summed E-state index contributed by atoms with van der Waals surface area (Å²) < 4.78 is 5.57. The molecule has 0 radical (unpaired) electrons. The third-order valence-corrected chi connectivity index (χ3v) is 4.35. The van der Waals surface area contributed by atoms with E-state index in [4.69, 9.17) is 4.74 Å². The highest BCUT2D eigenvalue weighted by Crippen LogP contribution is 2.38. The molecule has 16 heavy (non-hydrogen) atoms. The van der Waals surface area contributed by atoms with Crippen molar-refractivity contribution >= 4 is 5.78 Å². The van der Waals surface area contributed by atoms with E-state index in [-0.39, 0.29) is 5.41 Å². The largest absolute Gasteiger partial charge is 0.378 e. The van der Waals surface area contributed by atoms with E-state index < -0.39 is 0 Å². The molecule has 0 aromatic heterocycles. The molecule has 1 aliphatic carbocycles. The lowest BCUT2D eigenvalue weighted by Gasteiger charge is -2.32. The van der Waals surface area contributed by atoms with E-state index in [1.165, 1.54) is 25.7 Å². The van der Waals surface area contributed by atoms with Crippen LogP contribution in [0.5, 0.6) is 0 Å². The van der Waals surface area contributed by atoms with E-state index in [1.807, 2.05) is 0 Å². The molecular formula is C14H24O2. The van der Waals surface area contributed by atoms with Crippen LogP contribution in [-0.4, -0.2) is 18.5 Å². The van der Waals surface area contributed by atoms with Crippen LogP contribution in [0.25, 0.3) is 0 Å². The Morgan fingerprint density at radius 3 is 2.62 bits per heavy atom. The minimum absolute atomic E-state index is 0.00312. The second-order valence-electron chi connectivity index (χ2n) is 5.72. The van der Waals surface area contributed by atoms with Crippen molar-refractivity contribution < 1.29 is 9.53 Å². The lowest BCUT2D eigenvalue weighted by Crippen LogP contribution is -2.30. The molecule has 0 amide bonds. The van der Waals surface area contributed by atoms with Crippen LogP contribution < -0.4 is 0 Å². The van der Waals surface area contributed by atoms with Gasteiger partial charge in [0, 0.05) is 18.4 Å². The highest BCUT2D eigenvalue weighted by Gasteiger charge is 2.34. The number of Topliss-reactive ketones (excluding diaryl/α,β-unsaturated/α-hetero) is 1.